The predicted octanol–water partition coefficient (Wildman–Crippen LogP) is 1.77. The highest BCUT2D eigenvalue weighted by atomic mass is 19.1. The van der Waals surface area contributed by atoms with Gasteiger partial charge in [-0.05, 0) is 25.2 Å². The summed E-state index contributed by atoms with van der Waals surface area (Å²) in [6.07, 6.45) is 5.72. The van der Waals surface area contributed by atoms with Crippen molar-refractivity contribution < 1.29 is 14.6 Å². The summed E-state index contributed by atoms with van der Waals surface area (Å²) in [6, 6.07) is 0. The number of piperidine rings is 1. The molecule has 3 fully saturated rings. The van der Waals surface area contributed by atoms with E-state index in [9.17, 15) is 14.6 Å². The normalized spacial score (nSPS) is 40.3. The molecule has 0 aromatic rings. The Balaban J connectivity index is 1.64. The van der Waals surface area contributed by atoms with Gasteiger partial charge in [-0.2, -0.15) is 0 Å². The van der Waals surface area contributed by atoms with Crippen molar-refractivity contribution in [2.24, 2.45) is 11.8 Å². The van der Waals surface area contributed by atoms with Crippen molar-refractivity contribution in [1.82, 2.24) is 5.32 Å². The maximum Gasteiger partial charge on any atom is 0.108 e. The number of aliphatic hydroxyl groups excluding tert-OH is 2. The van der Waals surface area contributed by atoms with Crippen molar-refractivity contribution in [3.05, 3.63) is 0 Å². The lowest BCUT2D eigenvalue weighted by Crippen LogP contribution is -2.61. The minimum atomic E-state index is -0.983. The van der Waals surface area contributed by atoms with Gasteiger partial charge in [0, 0.05) is 18.0 Å². The summed E-state index contributed by atoms with van der Waals surface area (Å²) in [6.45, 7) is 0.397. The summed E-state index contributed by atoms with van der Waals surface area (Å²) in [4.78, 5) is 0. The van der Waals surface area contributed by atoms with E-state index in [1.54, 1.807) is 0 Å². The summed E-state index contributed by atoms with van der Waals surface area (Å²) in [5.41, 5.74) is -0.216. The van der Waals surface area contributed by atoms with Crippen LogP contribution < -0.4 is 5.32 Å². The van der Waals surface area contributed by atoms with E-state index in [1.807, 2.05) is 0 Å². The number of β-amino-alcohol motifs (C(OH)–C–C–N with tert-alkyl or cyclic N) is 1. The van der Waals surface area contributed by atoms with Crippen molar-refractivity contribution in [1.29, 1.82) is 0 Å². The van der Waals surface area contributed by atoms with E-state index >= 15 is 0 Å². The van der Waals surface area contributed by atoms with Gasteiger partial charge in [-0.1, -0.05) is 32.1 Å². The molecule has 0 amide bonds. The Labute approximate surface area is 114 Å². The predicted molar refractivity (Wildman–Crippen MR) is 71.6 cm³/mol. The van der Waals surface area contributed by atoms with Crippen molar-refractivity contribution in [2.45, 2.75) is 75.3 Å². The zero-order chi connectivity index (χ0) is 13.5. The molecule has 4 heteroatoms. The molecule has 3 rings (SSSR count). The number of hydrogen-bond acceptors (Lipinski definition) is 3. The minimum absolute atomic E-state index is 0.216. The van der Waals surface area contributed by atoms with Gasteiger partial charge in [-0.15, -0.1) is 0 Å². The second kappa shape index (κ2) is 5.30. The van der Waals surface area contributed by atoms with Gasteiger partial charge in [0.25, 0.3) is 0 Å². The van der Waals surface area contributed by atoms with Crippen LogP contribution in [-0.2, 0) is 0 Å². The Morgan fingerprint density at radius 3 is 2.47 bits per heavy atom. The molecular weight excluding hydrogens is 245 g/mol. The summed E-state index contributed by atoms with van der Waals surface area (Å²) in [7, 11) is 0. The SMILES string of the molecule is O[C@@H]1CNC2(CC2)C(C(F)CC2CCCCC2)[C@H]1O. The number of aliphatic hydroxyl groups is 2. The third kappa shape index (κ3) is 2.67. The van der Waals surface area contributed by atoms with Crippen LogP contribution in [0.4, 0.5) is 4.39 Å². The van der Waals surface area contributed by atoms with E-state index in [2.05, 4.69) is 5.32 Å². The molecule has 3 aliphatic rings. The van der Waals surface area contributed by atoms with Gasteiger partial charge >= 0.3 is 0 Å². The Morgan fingerprint density at radius 1 is 1.16 bits per heavy atom. The molecule has 1 spiro atoms. The number of halogens is 1. The van der Waals surface area contributed by atoms with Crippen molar-refractivity contribution in [3.63, 3.8) is 0 Å². The monoisotopic (exact) mass is 271 g/mol. The first-order chi connectivity index (χ1) is 9.12. The Hall–Kier alpha value is -0.190. The van der Waals surface area contributed by atoms with Crippen LogP contribution in [-0.4, -0.2) is 40.7 Å². The largest absolute Gasteiger partial charge is 0.390 e. The highest BCUT2D eigenvalue weighted by Crippen LogP contribution is 2.49. The summed E-state index contributed by atoms with van der Waals surface area (Å²) < 4.78 is 14.7. The molecule has 2 aliphatic carbocycles. The van der Waals surface area contributed by atoms with Crippen LogP contribution in [0.2, 0.25) is 0 Å². The second-order valence-corrected chi connectivity index (χ2v) is 6.88. The Kier molecular flexibility index (Phi) is 3.84. The Morgan fingerprint density at radius 2 is 1.84 bits per heavy atom. The number of alkyl halides is 1. The van der Waals surface area contributed by atoms with Gasteiger partial charge in [0.05, 0.1) is 12.2 Å². The first-order valence-electron chi connectivity index (χ1n) is 7.88. The molecule has 19 heavy (non-hydrogen) atoms. The van der Waals surface area contributed by atoms with E-state index in [4.69, 9.17) is 0 Å². The third-order valence-corrected chi connectivity index (χ3v) is 5.53. The summed E-state index contributed by atoms with van der Waals surface area (Å²) in [5, 5.41) is 23.2. The molecule has 1 saturated heterocycles. The smallest absolute Gasteiger partial charge is 0.108 e. The van der Waals surface area contributed by atoms with Gasteiger partial charge in [0.2, 0.25) is 0 Å². The maximum absolute atomic E-state index is 14.7. The van der Waals surface area contributed by atoms with Crippen LogP contribution in [0.15, 0.2) is 0 Å². The summed E-state index contributed by atoms with van der Waals surface area (Å²) >= 11 is 0. The zero-order valence-electron chi connectivity index (χ0n) is 11.5. The molecule has 1 heterocycles. The molecule has 0 radical (unpaired) electrons. The van der Waals surface area contributed by atoms with Gasteiger partial charge in [0.1, 0.15) is 6.17 Å². The standard InChI is InChI=1S/C15H26FNO2/c16-11(8-10-4-2-1-3-5-10)13-14(19)12(18)9-17-15(13)6-7-15/h10-14,17-19H,1-9H2/t11?,12-,13?,14+/m1/s1. The third-order valence-electron chi connectivity index (χ3n) is 5.53. The zero-order valence-corrected chi connectivity index (χ0v) is 11.5. The fourth-order valence-corrected chi connectivity index (χ4v) is 4.21. The van der Waals surface area contributed by atoms with Crippen LogP contribution in [0, 0.1) is 11.8 Å². The van der Waals surface area contributed by atoms with Crippen LogP contribution in [0.1, 0.15) is 51.4 Å². The van der Waals surface area contributed by atoms with Gasteiger partial charge in [0.15, 0.2) is 0 Å². The molecule has 4 atom stereocenters. The molecule has 1 aliphatic heterocycles. The molecule has 110 valence electrons. The molecule has 0 aromatic heterocycles. The Bertz CT molecular complexity index is 315. The highest BCUT2D eigenvalue weighted by molar-refractivity contribution is 5.14. The van der Waals surface area contributed by atoms with Crippen LogP contribution in [0.3, 0.4) is 0 Å². The fourth-order valence-electron chi connectivity index (χ4n) is 4.21. The fraction of sp³-hybridized carbons (Fsp3) is 1.00. The van der Waals surface area contributed by atoms with E-state index in [0.717, 1.165) is 25.7 Å². The van der Waals surface area contributed by atoms with Crippen molar-refractivity contribution in [3.8, 4) is 0 Å². The lowest BCUT2D eigenvalue weighted by Gasteiger charge is -2.42. The van der Waals surface area contributed by atoms with Crippen molar-refractivity contribution >= 4 is 0 Å². The minimum Gasteiger partial charge on any atom is -0.390 e. The van der Waals surface area contributed by atoms with Crippen molar-refractivity contribution in [2.75, 3.05) is 6.54 Å². The summed E-state index contributed by atoms with van der Waals surface area (Å²) in [5.74, 6) is 0.0593. The average Bonchev–Trinajstić information content (AvgIpc) is 3.16. The van der Waals surface area contributed by atoms with Crippen LogP contribution >= 0.6 is 0 Å². The van der Waals surface area contributed by atoms with Crippen LogP contribution in [0.5, 0.6) is 0 Å². The maximum atomic E-state index is 14.7. The highest BCUT2D eigenvalue weighted by Gasteiger charge is 2.58. The van der Waals surface area contributed by atoms with E-state index in [0.29, 0.717) is 18.9 Å². The number of hydrogen-bond donors (Lipinski definition) is 3. The first kappa shape index (κ1) is 13.8. The van der Waals surface area contributed by atoms with E-state index in [1.165, 1.54) is 19.3 Å². The van der Waals surface area contributed by atoms with Gasteiger partial charge in [-0.25, -0.2) is 4.39 Å². The van der Waals surface area contributed by atoms with Gasteiger partial charge in [-0.3, -0.25) is 0 Å². The first-order valence-corrected chi connectivity index (χ1v) is 7.88. The van der Waals surface area contributed by atoms with E-state index < -0.39 is 24.3 Å². The topological polar surface area (TPSA) is 52.5 Å². The van der Waals surface area contributed by atoms with E-state index in [-0.39, 0.29) is 5.54 Å². The second-order valence-electron chi connectivity index (χ2n) is 6.88. The molecule has 3 nitrogen and oxygen atoms in total. The molecule has 3 N–H and O–H groups in total. The molecule has 2 unspecified atom stereocenters. The quantitative estimate of drug-likeness (QED) is 0.733. The lowest BCUT2D eigenvalue weighted by molar-refractivity contribution is -0.0850. The molecule has 0 aromatic carbocycles. The number of rotatable bonds is 3. The molecule has 2 saturated carbocycles. The van der Waals surface area contributed by atoms with Gasteiger partial charge < -0.3 is 15.5 Å². The molecular formula is C15H26FNO2. The average molecular weight is 271 g/mol. The number of nitrogens with one attached hydrogen (secondary N) is 1. The lowest BCUT2D eigenvalue weighted by atomic mass is 9.76. The van der Waals surface area contributed by atoms with Crippen LogP contribution in [0.25, 0.3) is 0 Å². The molecule has 0 bridgehead atoms.